The SMILES string of the molecule is CCCC1=NN(C(=O)c2cccc([N+](=O)[O-])c2)C(O)(C(F)(F)F)C1. The van der Waals surface area contributed by atoms with Crippen molar-refractivity contribution < 1.29 is 28.0 Å². The molecule has 1 amide bonds. The number of halogens is 3. The first-order valence-electron chi connectivity index (χ1n) is 7.04. The molecule has 1 aromatic carbocycles. The van der Waals surface area contributed by atoms with Gasteiger partial charge in [0.2, 0.25) is 0 Å². The highest BCUT2D eigenvalue weighted by Gasteiger charge is 2.63. The van der Waals surface area contributed by atoms with E-state index in [4.69, 9.17) is 0 Å². The van der Waals surface area contributed by atoms with E-state index in [1.165, 1.54) is 6.07 Å². The number of nitrogens with zero attached hydrogens (tertiary/aromatic N) is 3. The smallest absolute Gasteiger partial charge is 0.362 e. The Hall–Kier alpha value is -2.49. The van der Waals surface area contributed by atoms with E-state index in [0.717, 1.165) is 18.2 Å². The molecule has 1 atom stereocenters. The minimum absolute atomic E-state index is 0.0307. The number of carbonyl (C=O) groups excluding carboxylic acids is 1. The summed E-state index contributed by atoms with van der Waals surface area (Å²) < 4.78 is 39.8. The molecule has 0 saturated carbocycles. The Labute approximate surface area is 134 Å². The van der Waals surface area contributed by atoms with Crippen molar-refractivity contribution in [3.63, 3.8) is 0 Å². The molecule has 130 valence electrons. The van der Waals surface area contributed by atoms with E-state index in [-0.39, 0.29) is 22.7 Å². The Kier molecular flexibility index (Phi) is 4.61. The maximum atomic E-state index is 13.3. The monoisotopic (exact) mass is 345 g/mol. The van der Waals surface area contributed by atoms with Gasteiger partial charge in [0.25, 0.3) is 17.3 Å². The number of aliphatic hydroxyl groups is 1. The van der Waals surface area contributed by atoms with E-state index in [1.807, 2.05) is 0 Å². The van der Waals surface area contributed by atoms with Crippen molar-refractivity contribution in [2.24, 2.45) is 5.10 Å². The lowest BCUT2D eigenvalue weighted by Crippen LogP contribution is -2.56. The largest absolute Gasteiger partial charge is 0.438 e. The number of alkyl halides is 3. The average Bonchev–Trinajstić information content (AvgIpc) is 2.85. The van der Waals surface area contributed by atoms with Crippen molar-refractivity contribution in [3.05, 3.63) is 39.9 Å². The molecule has 1 unspecified atom stereocenters. The summed E-state index contributed by atoms with van der Waals surface area (Å²) in [6.45, 7) is 1.72. The van der Waals surface area contributed by atoms with Crippen LogP contribution in [0.5, 0.6) is 0 Å². The zero-order chi connectivity index (χ0) is 18.1. The molecule has 1 heterocycles. The van der Waals surface area contributed by atoms with E-state index >= 15 is 0 Å². The summed E-state index contributed by atoms with van der Waals surface area (Å²) >= 11 is 0. The summed E-state index contributed by atoms with van der Waals surface area (Å²) in [5.74, 6) is -1.26. The first kappa shape index (κ1) is 17.9. The molecule has 1 aliphatic heterocycles. The van der Waals surface area contributed by atoms with Crippen LogP contribution < -0.4 is 0 Å². The Morgan fingerprint density at radius 3 is 2.71 bits per heavy atom. The number of non-ortho nitro benzene ring substituents is 1. The van der Waals surface area contributed by atoms with Crippen LogP contribution in [0.15, 0.2) is 29.4 Å². The highest BCUT2D eigenvalue weighted by Crippen LogP contribution is 2.41. The second-order valence-electron chi connectivity index (χ2n) is 5.33. The minimum atomic E-state index is -5.12. The Morgan fingerprint density at radius 2 is 2.17 bits per heavy atom. The maximum absolute atomic E-state index is 13.3. The molecule has 0 fully saturated rings. The van der Waals surface area contributed by atoms with Crippen LogP contribution in [0.25, 0.3) is 0 Å². The summed E-state index contributed by atoms with van der Waals surface area (Å²) in [6.07, 6.45) is -5.28. The zero-order valence-electron chi connectivity index (χ0n) is 12.6. The van der Waals surface area contributed by atoms with Crippen molar-refractivity contribution in [1.82, 2.24) is 5.01 Å². The molecule has 0 aromatic heterocycles. The fraction of sp³-hybridized carbons (Fsp3) is 0.429. The number of hydrogen-bond donors (Lipinski definition) is 1. The number of amides is 1. The molecule has 2 rings (SSSR count). The number of hydrogen-bond acceptors (Lipinski definition) is 5. The number of nitro benzene ring substituents is 1. The van der Waals surface area contributed by atoms with E-state index in [9.17, 15) is 33.2 Å². The normalized spacial score (nSPS) is 20.9. The highest BCUT2D eigenvalue weighted by atomic mass is 19.4. The van der Waals surface area contributed by atoms with Crippen LogP contribution in [0.3, 0.4) is 0 Å². The van der Waals surface area contributed by atoms with Crippen molar-refractivity contribution in [2.75, 3.05) is 0 Å². The first-order valence-corrected chi connectivity index (χ1v) is 7.04. The molecule has 1 aromatic rings. The summed E-state index contributed by atoms with van der Waals surface area (Å²) in [5.41, 5.74) is -4.24. The fourth-order valence-electron chi connectivity index (χ4n) is 2.35. The van der Waals surface area contributed by atoms with E-state index in [0.29, 0.717) is 6.42 Å². The van der Waals surface area contributed by atoms with Gasteiger partial charge in [-0.2, -0.15) is 23.3 Å². The Balaban J connectivity index is 2.44. The summed E-state index contributed by atoms with van der Waals surface area (Å²) in [5, 5.41) is 24.3. The van der Waals surface area contributed by atoms with Crippen molar-refractivity contribution in [1.29, 1.82) is 0 Å². The third-order valence-electron chi connectivity index (χ3n) is 3.53. The number of rotatable bonds is 4. The molecule has 0 spiro atoms. The number of nitro groups is 1. The van der Waals surface area contributed by atoms with Gasteiger partial charge in [0.1, 0.15) is 0 Å². The lowest BCUT2D eigenvalue weighted by molar-refractivity contribution is -0.384. The van der Waals surface area contributed by atoms with Gasteiger partial charge in [0.15, 0.2) is 0 Å². The number of hydrazone groups is 1. The van der Waals surface area contributed by atoms with Crippen LogP contribution in [0.1, 0.15) is 36.5 Å². The quantitative estimate of drug-likeness (QED) is 0.670. The predicted octanol–water partition coefficient (Wildman–Crippen LogP) is 2.85. The molecule has 0 aliphatic carbocycles. The van der Waals surface area contributed by atoms with Gasteiger partial charge in [-0.1, -0.05) is 19.4 Å². The maximum Gasteiger partial charge on any atom is 0.438 e. The van der Waals surface area contributed by atoms with Crippen LogP contribution >= 0.6 is 0 Å². The molecule has 0 saturated heterocycles. The van der Waals surface area contributed by atoms with Crippen molar-refractivity contribution >= 4 is 17.3 Å². The highest BCUT2D eigenvalue weighted by molar-refractivity contribution is 5.98. The Bertz CT molecular complexity index is 705. The second kappa shape index (κ2) is 6.19. The van der Waals surface area contributed by atoms with E-state index in [1.54, 1.807) is 6.92 Å². The van der Waals surface area contributed by atoms with Crippen LogP contribution in [-0.2, 0) is 0 Å². The predicted molar refractivity (Wildman–Crippen MR) is 77.2 cm³/mol. The van der Waals surface area contributed by atoms with E-state index < -0.39 is 34.8 Å². The first-order chi connectivity index (χ1) is 11.1. The molecule has 10 heteroatoms. The molecule has 1 aliphatic rings. The van der Waals surface area contributed by atoms with Crippen LogP contribution in [0.4, 0.5) is 18.9 Å². The summed E-state index contributed by atoms with van der Waals surface area (Å²) in [6, 6.07) is 4.24. The standard InChI is InChI=1S/C14H14F3N3O4/c1-2-4-10-8-13(22,14(15,16)17)19(18-10)12(21)9-5-3-6-11(7-9)20(23)24/h3,5-7,22H,2,4,8H2,1H3. The second-order valence-corrected chi connectivity index (χ2v) is 5.33. The van der Waals surface area contributed by atoms with Gasteiger partial charge < -0.3 is 5.11 Å². The molecule has 7 nitrogen and oxygen atoms in total. The molecule has 1 N–H and O–H groups in total. The van der Waals surface area contributed by atoms with Crippen LogP contribution in [0.2, 0.25) is 0 Å². The van der Waals surface area contributed by atoms with Gasteiger partial charge >= 0.3 is 6.18 Å². The van der Waals surface area contributed by atoms with E-state index in [2.05, 4.69) is 5.10 Å². The topological polar surface area (TPSA) is 96.0 Å². The van der Waals surface area contributed by atoms with Crippen LogP contribution in [-0.4, -0.2) is 38.6 Å². The third kappa shape index (κ3) is 3.09. The van der Waals surface area contributed by atoms with Gasteiger partial charge in [-0.3, -0.25) is 14.9 Å². The average molecular weight is 345 g/mol. The van der Waals surface area contributed by atoms with Crippen molar-refractivity contribution in [3.8, 4) is 0 Å². The number of benzene rings is 1. The molecular weight excluding hydrogens is 331 g/mol. The molecule has 0 radical (unpaired) electrons. The minimum Gasteiger partial charge on any atom is -0.362 e. The van der Waals surface area contributed by atoms with Gasteiger partial charge in [-0.25, -0.2) is 0 Å². The third-order valence-corrected chi connectivity index (χ3v) is 3.53. The van der Waals surface area contributed by atoms with Gasteiger partial charge in [-0.05, 0) is 12.5 Å². The van der Waals surface area contributed by atoms with Crippen LogP contribution in [0, 0.1) is 10.1 Å². The summed E-state index contributed by atoms with van der Waals surface area (Å²) in [4.78, 5) is 22.3. The van der Waals surface area contributed by atoms with Gasteiger partial charge in [0, 0.05) is 29.8 Å². The Morgan fingerprint density at radius 1 is 1.50 bits per heavy atom. The van der Waals surface area contributed by atoms with Gasteiger partial charge in [0.05, 0.1) is 4.92 Å². The van der Waals surface area contributed by atoms with Crippen molar-refractivity contribution in [2.45, 2.75) is 38.1 Å². The summed E-state index contributed by atoms with van der Waals surface area (Å²) in [7, 11) is 0. The molecule has 0 bridgehead atoms. The lowest BCUT2D eigenvalue weighted by atomic mass is 10.0. The van der Waals surface area contributed by atoms with Gasteiger partial charge in [-0.15, -0.1) is 0 Å². The molecular formula is C14H14F3N3O4. The zero-order valence-corrected chi connectivity index (χ0v) is 12.6. The number of carbonyl (C=O) groups is 1. The lowest BCUT2D eigenvalue weighted by Gasteiger charge is -2.32. The molecule has 24 heavy (non-hydrogen) atoms. The fourth-order valence-corrected chi connectivity index (χ4v) is 2.35.